The van der Waals surface area contributed by atoms with Crippen LogP contribution in [0.5, 0.6) is 0 Å². The minimum atomic E-state index is -5.17. The summed E-state index contributed by atoms with van der Waals surface area (Å²) >= 11 is 0. The molecule has 0 spiro atoms. The van der Waals surface area contributed by atoms with Crippen molar-refractivity contribution in [2.75, 3.05) is 0 Å². The Balaban J connectivity index is -0.00000000190. The zero-order chi connectivity index (χ0) is 9.00. The summed E-state index contributed by atoms with van der Waals surface area (Å²) in [5.74, 6) is 0. The molecule has 1 radical (unpaired) electrons. The third kappa shape index (κ3) is 401000. The summed E-state index contributed by atoms with van der Waals surface area (Å²) in [7, 11) is -10.3. The average Bonchev–Trinajstić information content (AvgIpc) is 1.12. The van der Waals surface area contributed by atoms with Crippen LogP contribution in [0, 0.1) is 0 Å². The molecular formula is H28CoNiO22S2. The van der Waals surface area contributed by atoms with Crippen molar-refractivity contribution in [1.82, 2.24) is 0 Å². The van der Waals surface area contributed by atoms with Gasteiger partial charge in [0.15, 0.2) is 0 Å². The van der Waals surface area contributed by atoms with Crippen LogP contribution in [0.1, 0.15) is 0 Å². The molecule has 0 aliphatic carbocycles. The Bertz CT molecular complexity index is 219. The molecule has 0 aromatic rings. The van der Waals surface area contributed by atoms with Crippen molar-refractivity contribution in [3.63, 3.8) is 0 Å². The van der Waals surface area contributed by atoms with E-state index in [1.165, 1.54) is 0 Å². The van der Waals surface area contributed by atoms with E-state index in [1.54, 1.807) is 0 Å². The first-order valence-electron chi connectivity index (χ1n) is 1.33. The molecule has 0 rings (SSSR count). The van der Waals surface area contributed by atoms with E-state index in [0.717, 1.165) is 0 Å². The topological polar surface area (TPSA) is 602 Å². The van der Waals surface area contributed by atoms with E-state index < -0.39 is 20.8 Å². The molecule has 0 heterocycles. The SMILES string of the molecule is O.O.O.O.O.O.O.O.O.O.O.O.O.O.O=S(=O)([O-])[O-].O=S(=O)([O-])[O-].[Co+2].[Ni+2]. The van der Waals surface area contributed by atoms with Crippen molar-refractivity contribution in [3.8, 4) is 0 Å². The van der Waals surface area contributed by atoms with Crippen LogP contribution >= 0.6 is 0 Å². The molecule has 0 fully saturated rings. The maximum atomic E-state index is 8.52. The molecule has 0 saturated carbocycles. The van der Waals surface area contributed by atoms with E-state index in [4.69, 9.17) is 35.0 Å². The summed E-state index contributed by atoms with van der Waals surface area (Å²) in [5.41, 5.74) is 0. The van der Waals surface area contributed by atoms with E-state index in [0.29, 0.717) is 0 Å². The van der Waals surface area contributed by atoms with Gasteiger partial charge >= 0.3 is 33.3 Å². The summed E-state index contributed by atoms with van der Waals surface area (Å²) in [6, 6.07) is 0. The van der Waals surface area contributed by atoms with E-state index in [-0.39, 0.29) is 110 Å². The minimum absolute atomic E-state index is 0. The zero-order valence-electron chi connectivity index (χ0n) is 11.7. The van der Waals surface area contributed by atoms with Crippen LogP contribution in [0.15, 0.2) is 0 Å². The minimum Gasteiger partial charge on any atom is -0.759 e. The van der Waals surface area contributed by atoms with Gasteiger partial charge in [0.05, 0.1) is 0 Å². The van der Waals surface area contributed by atoms with Crippen molar-refractivity contribution in [2.24, 2.45) is 0 Å². The van der Waals surface area contributed by atoms with E-state index in [9.17, 15) is 0 Å². The third-order valence-electron chi connectivity index (χ3n) is 0. The second kappa shape index (κ2) is 99.2. The monoisotopic (exact) mass is 561 g/mol. The fourth-order valence-electron chi connectivity index (χ4n) is 0. The summed E-state index contributed by atoms with van der Waals surface area (Å²) in [5, 5.41) is 0. The fraction of sp³-hybridized carbons (Fsp3) is 0. The maximum Gasteiger partial charge on any atom is 2.00 e. The molecule has 0 aliphatic heterocycles. The van der Waals surface area contributed by atoms with Gasteiger partial charge in [-0.1, -0.05) is 0 Å². The van der Waals surface area contributed by atoms with Gasteiger partial charge in [0, 0.05) is 20.8 Å². The molecule has 0 unspecified atom stereocenters. The van der Waals surface area contributed by atoms with Gasteiger partial charge in [-0.15, -0.1) is 0 Å². The van der Waals surface area contributed by atoms with E-state index in [1.807, 2.05) is 0 Å². The van der Waals surface area contributed by atoms with Crippen LogP contribution < -0.4 is 0 Å². The Morgan fingerprint density at radius 2 is 0.346 bits per heavy atom. The molecule has 0 bridgehead atoms. The smallest absolute Gasteiger partial charge is 0.759 e. The molecule has 28 N–H and O–H groups in total. The molecule has 0 atom stereocenters. The first-order chi connectivity index (χ1) is 4.00. The van der Waals surface area contributed by atoms with Crippen molar-refractivity contribution in [3.05, 3.63) is 0 Å². The van der Waals surface area contributed by atoms with Crippen LogP contribution in [-0.2, 0) is 54.1 Å². The molecule has 22 nitrogen and oxygen atoms in total. The van der Waals surface area contributed by atoms with Crippen LogP contribution in [0.2, 0.25) is 0 Å². The molecular weight excluding hydrogens is 534 g/mol. The van der Waals surface area contributed by atoms with Gasteiger partial charge in [-0.3, -0.25) is 16.8 Å². The first kappa shape index (κ1) is 248. The van der Waals surface area contributed by atoms with E-state index >= 15 is 0 Å². The van der Waals surface area contributed by atoms with Gasteiger partial charge in [0.2, 0.25) is 0 Å². The predicted octanol–water partition coefficient (Wildman–Crippen LogP) is -14.2. The standard InChI is InChI=1S/Co.Ni.2H2O4S.14H2O/c;;2*1-5(2,3)4;;;;;;;;;;;;;;/h;;2*(H2,1,2,3,4);14*1H2/q2*+2;;;;;;;;;;;;;;;;/p-4. The molecule has 0 saturated heterocycles. The Labute approximate surface area is 166 Å². The molecule has 0 amide bonds. The van der Waals surface area contributed by atoms with Gasteiger partial charge in [-0.2, -0.15) is 0 Å². The number of hydrogen-bond acceptors (Lipinski definition) is 8. The Kier molecular flexibility index (Phi) is 947. The third-order valence-corrected chi connectivity index (χ3v) is 0. The first-order valence-corrected chi connectivity index (χ1v) is 4.00. The Morgan fingerprint density at radius 3 is 0.346 bits per heavy atom. The molecule has 0 aromatic heterocycles. The second-order valence-corrected chi connectivity index (χ2v) is 2.45. The van der Waals surface area contributed by atoms with Crippen LogP contribution in [0.4, 0.5) is 0 Å². The summed E-state index contributed by atoms with van der Waals surface area (Å²) in [6.07, 6.45) is 0. The second-order valence-electron chi connectivity index (χ2n) is 0.816. The Hall–Kier alpha value is 0.180. The molecule has 0 aliphatic rings. The van der Waals surface area contributed by atoms with Gasteiger partial charge < -0.3 is 94.9 Å². The van der Waals surface area contributed by atoms with Gasteiger partial charge in [0.25, 0.3) is 0 Å². The average molecular weight is 562 g/mol. The number of hydrogen-bond donors (Lipinski definition) is 0. The normalized spacial score (nSPS) is 4.46. The maximum absolute atomic E-state index is 8.52. The number of rotatable bonds is 0. The molecule has 0 aromatic carbocycles. The molecule has 26 heavy (non-hydrogen) atoms. The van der Waals surface area contributed by atoms with Crippen LogP contribution in [0.3, 0.4) is 0 Å². The van der Waals surface area contributed by atoms with E-state index in [2.05, 4.69) is 0 Å². The van der Waals surface area contributed by atoms with Crippen LogP contribution in [0.25, 0.3) is 0 Å². The van der Waals surface area contributed by atoms with Gasteiger partial charge in [-0.05, 0) is 0 Å². The molecule has 26 heteroatoms. The summed E-state index contributed by atoms with van der Waals surface area (Å²) < 4.78 is 68.2. The molecule has 191 valence electrons. The van der Waals surface area contributed by atoms with Gasteiger partial charge in [0.1, 0.15) is 0 Å². The Morgan fingerprint density at radius 1 is 0.346 bits per heavy atom. The predicted molar refractivity (Wildman–Crippen MR) is 71.5 cm³/mol. The van der Waals surface area contributed by atoms with Crippen molar-refractivity contribution in [2.45, 2.75) is 0 Å². The summed E-state index contributed by atoms with van der Waals surface area (Å²) in [4.78, 5) is 0. The zero-order valence-corrected chi connectivity index (χ0v) is 15.4. The fourth-order valence-corrected chi connectivity index (χ4v) is 0. The quantitative estimate of drug-likeness (QED) is 0.155. The van der Waals surface area contributed by atoms with Crippen molar-refractivity contribution < 1.29 is 145 Å². The summed E-state index contributed by atoms with van der Waals surface area (Å²) in [6.45, 7) is 0. The van der Waals surface area contributed by atoms with Crippen molar-refractivity contribution >= 4 is 20.8 Å². The van der Waals surface area contributed by atoms with Crippen LogP contribution in [-0.4, -0.2) is 112 Å². The van der Waals surface area contributed by atoms with Gasteiger partial charge in [-0.25, -0.2) is 0 Å². The van der Waals surface area contributed by atoms with Crippen molar-refractivity contribution in [1.29, 1.82) is 0 Å². The largest absolute Gasteiger partial charge is 2.00 e.